The third-order valence-electron chi connectivity index (χ3n) is 5.77. The van der Waals surface area contributed by atoms with Crippen LogP contribution in [0.15, 0.2) is 59.7 Å². The van der Waals surface area contributed by atoms with E-state index in [0.29, 0.717) is 11.9 Å². The Morgan fingerprint density at radius 2 is 1.87 bits per heavy atom. The van der Waals surface area contributed by atoms with Crippen LogP contribution in [0.3, 0.4) is 0 Å². The van der Waals surface area contributed by atoms with Gasteiger partial charge in [0.1, 0.15) is 5.82 Å². The summed E-state index contributed by atoms with van der Waals surface area (Å²) in [4.78, 5) is 18.1. The average Bonchev–Trinajstić information content (AvgIpc) is 2.79. The highest BCUT2D eigenvalue weighted by Crippen LogP contribution is 2.25. The Morgan fingerprint density at radius 1 is 1.13 bits per heavy atom. The number of nitrogens with zero attached hydrogens (tertiary/aromatic N) is 6. The number of anilines is 2. The van der Waals surface area contributed by atoms with E-state index in [4.69, 9.17) is 4.98 Å². The number of rotatable bonds is 3. The van der Waals surface area contributed by atoms with Crippen LogP contribution in [0.5, 0.6) is 0 Å². The van der Waals surface area contributed by atoms with E-state index >= 15 is 0 Å². The third-order valence-corrected chi connectivity index (χ3v) is 5.77. The Hall–Kier alpha value is -3.66. The summed E-state index contributed by atoms with van der Waals surface area (Å²) < 4.78 is 0. The van der Waals surface area contributed by atoms with Crippen LogP contribution >= 0.6 is 0 Å². The van der Waals surface area contributed by atoms with Gasteiger partial charge in [0.2, 0.25) is 12.2 Å². The molecule has 1 saturated heterocycles. The largest absolute Gasteiger partial charge is 0.349 e. The van der Waals surface area contributed by atoms with Crippen molar-refractivity contribution in [1.82, 2.24) is 14.9 Å². The molecule has 1 fully saturated rings. The van der Waals surface area contributed by atoms with E-state index in [1.54, 1.807) is 0 Å². The van der Waals surface area contributed by atoms with E-state index in [0.717, 1.165) is 47.7 Å². The minimum Gasteiger partial charge on any atom is -0.349 e. The molecule has 158 valence electrons. The van der Waals surface area contributed by atoms with Gasteiger partial charge in [-0.15, -0.1) is 4.99 Å². The number of nitriles is 1. The van der Waals surface area contributed by atoms with Crippen molar-refractivity contribution >= 4 is 28.5 Å². The second kappa shape index (κ2) is 9.00. The van der Waals surface area contributed by atoms with Crippen LogP contribution in [0.2, 0.25) is 0 Å². The number of hydrogen-bond donors (Lipinski definition) is 1. The van der Waals surface area contributed by atoms with Gasteiger partial charge in [-0.25, -0.2) is 4.98 Å². The summed E-state index contributed by atoms with van der Waals surface area (Å²) in [5.41, 5.74) is 3.87. The van der Waals surface area contributed by atoms with Gasteiger partial charge in [0.05, 0.1) is 23.3 Å². The smallest absolute Gasteiger partial charge is 0.214 e. The van der Waals surface area contributed by atoms with E-state index < -0.39 is 0 Å². The van der Waals surface area contributed by atoms with Crippen LogP contribution in [0, 0.1) is 24.3 Å². The molecule has 0 saturated carbocycles. The number of aliphatic imine (C=N–C) groups is 1. The number of fused-ring (bicyclic) bond motifs is 1. The Labute approximate surface area is 183 Å². The first-order valence-corrected chi connectivity index (χ1v) is 10.6. The Kier molecular flexibility index (Phi) is 5.99. The zero-order chi connectivity index (χ0) is 21.8. The fraction of sp³-hybridized carbons (Fsp3) is 0.333. The number of para-hydroxylation sites is 3. The molecule has 1 N–H and O–H groups in total. The van der Waals surface area contributed by atoms with Gasteiger partial charge in [0, 0.05) is 25.3 Å². The summed E-state index contributed by atoms with van der Waals surface area (Å²) in [6.07, 6.45) is 3.82. The quantitative estimate of drug-likeness (QED) is 0.397. The Morgan fingerprint density at radius 3 is 2.61 bits per heavy atom. The maximum absolute atomic E-state index is 9.29. The molecule has 3 aromatic rings. The molecular weight excluding hydrogens is 386 g/mol. The lowest BCUT2D eigenvalue weighted by Crippen LogP contribution is -2.58. The van der Waals surface area contributed by atoms with Crippen LogP contribution in [-0.4, -0.2) is 46.5 Å². The minimum atomic E-state index is 0.215. The molecule has 31 heavy (non-hydrogen) atoms. The van der Waals surface area contributed by atoms with E-state index in [9.17, 15) is 5.26 Å². The number of guanidine groups is 1. The third kappa shape index (κ3) is 4.43. The van der Waals surface area contributed by atoms with Crippen LogP contribution in [0.25, 0.3) is 11.0 Å². The maximum Gasteiger partial charge on any atom is 0.214 e. The molecule has 7 heteroatoms. The van der Waals surface area contributed by atoms with Gasteiger partial charge in [0.25, 0.3) is 0 Å². The van der Waals surface area contributed by atoms with Gasteiger partial charge >= 0.3 is 0 Å². The molecule has 0 aliphatic carbocycles. The molecule has 1 aliphatic rings. The van der Waals surface area contributed by atoms with Crippen molar-refractivity contribution in [3.63, 3.8) is 0 Å². The zero-order valence-electron chi connectivity index (χ0n) is 18.2. The molecule has 1 aliphatic heterocycles. The maximum atomic E-state index is 9.29. The van der Waals surface area contributed by atoms with Crippen LogP contribution in [0.4, 0.5) is 11.5 Å². The van der Waals surface area contributed by atoms with Gasteiger partial charge in [0.15, 0.2) is 0 Å². The lowest BCUT2D eigenvalue weighted by Gasteiger charge is -2.44. The Bertz CT molecular complexity index is 1130. The topological polar surface area (TPSA) is 80.4 Å². The predicted octanol–water partition coefficient (Wildman–Crippen LogP) is 4.03. The molecule has 7 nitrogen and oxygen atoms in total. The van der Waals surface area contributed by atoms with E-state index in [2.05, 4.69) is 38.9 Å². The minimum absolute atomic E-state index is 0.215. The molecular formula is C24H27N7. The summed E-state index contributed by atoms with van der Waals surface area (Å²) in [6.45, 7) is 8.72. The van der Waals surface area contributed by atoms with Crippen molar-refractivity contribution in [2.24, 2.45) is 10.9 Å². The van der Waals surface area contributed by atoms with Crippen molar-refractivity contribution < 1.29 is 0 Å². The molecule has 0 bridgehead atoms. The normalized spacial score (nSPS) is 17.1. The summed E-state index contributed by atoms with van der Waals surface area (Å²) >= 11 is 0. The van der Waals surface area contributed by atoms with Gasteiger partial charge in [-0.1, -0.05) is 44.2 Å². The van der Waals surface area contributed by atoms with Crippen molar-refractivity contribution in [2.45, 2.75) is 26.8 Å². The lowest BCUT2D eigenvalue weighted by molar-refractivity contribution is 0.283. The van der Waals surface area contributed by atoms with Crippen molar-refractivity contribution in [2.75, 3.05) is 29.9 Å². The number of aromatic nitrogens is 2. The lowest BCUT2D eigenvalue weighted by atomic mass is 9.99. The van der Waals surface area contributed by atoms with Gasteiger partial charge in [-0.2, -0.15) is 5.26 Å². The summed E-state index contributed by atoms with van der Waals surface area (Å²) in [6, 6.07) is 16.2. The van der Waals surface area contributed by atoms with Gasteiger partial charge < -0.3 is 15.1 Å². The standard InChI is InChI=1S/C24H27N7/c1-17(2)22-15-30(24(27-16-25)29-19-9-5-4-8-18(19)3)12-13-31(22)23-14-26-20-10-6-7-11-21(20)28-23/h4-11,14,17,22H,12-13,15H2,1-3H3,(H,27,29). The molecule has 2 aromatic carbocycles. The molecule has 1 unspecified atom stereocenters. The monoisotopic (exact) mass is 413 g/mol. The summed E-state index contributed by atoms with van der Waals surface area (Å²) in [5.74, 6) is 1.87. The number of piperazine rings is 1. The molecule has 1 atom stereocenters. The van der Waals surface area contributed by atoms with E-state index in [1.165, 1.54) is 0 Å². The van der Waals surface area contributed by atoms with Gasteiger partial charge in [-0.05, 0) is 36.6 Å². The van der Waals surface area contributed by atoms with Crippen molar-refractivity contribution in [3.8, 4) is 6.19 Å². The van der Waals surface area contributed by atoms with Crippen molar-refractivity contribution in [1.29, 1.82) is 5.26 Å². The Balaban J connectivity index is 1.58. The predicted molar refractivity (Wildman–Crippen MR) is 125 cm³/mol. The summed E-state index contributed by atoms with van der Waals surface area (Å²) in [7, 11) is 0. The fourth-order valence-electron chi connectivity index (χ4n) is 4.00. The average molecular weight is 414 g/mol. The van der Waals surface area contributed by atoms with Crippen LogP contribution < -0.4 is 10.2 Å². The molecule has 0 radical (unpaired) electrons. The van der Waals surface area contributed by atoms with Crippen molar-refractivity contribution in [3.05, 3.63) is 60.3 Å². The highest BCUT2D eigenvalue weighted by molar-refractivity contribution is 5.95. The summed E-state index contributed by atoms with van der Waals surface area (Å²) in [5, 5.41) is 12.7. The van der Waals surface area contributed by atoms with Gasteiger partial charge in [-0.3, -0.25) is 4.98 Å². The highest BCUT2D eigenvalue weighted by atomic mass is 15.4. The molecule has 4 rings (SSSR count). The number of hydrogen-bond acceptors (Lipinski definition) is 5. The SMILES string of the molecule is Cc1ccccc1NC(=NC#N)N1CCN(c2cnc3ccccc3n2)C(C(C)C)C1. The van der Waals surface area contributed by atoms with Crippen LogP contribution in [-0.2, 0) is 0 Å². The fourth-order valence-corrected chi connectivity index (χ4v) is 4.00. The molecule has 1 aromatic heterocycles. The first kappa shape index (κ1) is 20.6. The number of nitrogens with one attached hydrogen (secondary N) is 1. The highest BCUT2D eigenvalue weighted by Gasteiger charge is 2.32. The zero-order valence-corrected chi connectivity index (χ0v) is 18.2. The molecule has 0 spiro atoms. The first-order valence-electron chi connectivity index (χ1n) is 10.6. The van der Waals surface area contributed by atoms with Crippen LogP contribution in [0.1, 0.15) is 19.4 Å². The number of aryl methyl sites for hydroxylation is 1. The first-order chi connectivity index (χ1) is 15.1. The van der Waals surface area contributed by atoms with E-state index in [-0.39, 0.29) is 6.04 Å². The molecule has 2 heterocycles. The molecule has 0 amide bonds. The second-order valence-electron chi connectivity index (χ2n) is 8.14. The number of benzene rings is 2. The second-order valence-corrected chi connectivity index (χ2v) is 8.14. The van der Waals surface area contributed by atoms with E-state index in [1.807, 2.05) is 67.8 Å².